The largest absolute Gasteiger partial charge is 0.339 e. The molecule has 2 aromatic carbocycles. The fourth-order valence-electron chi connectivity index (χ4n) is 2.19. The van der Waals surface area contributed by atoms with E-state index in [1.165, 1.54) is 16.5 Å². The van der Waals surface area contributed by atoms with E-state index in [9.17, 15) is 4.39 Å². The van der Waals surface area contributed by atoms with Crippen LogP contribution in [0.5, 0.6) is 0 Å². The van der Waals surface area contributed by atoms with Gasteiger partial charge in [-0.05, 0) is 36.0 Å². The number of quaternary nitrogens is 1. The quantitative estimate of drug-likeness (QED) is 0.767. The van der Waals surface area contributed by atoms with Gasteiger partial charge in [-0.25, -0.2) is 4.39 Å². The van der Waals surface area contributed by atoms with Crippen LogP contribution in [-0.2, 0) is 6.54 Å². The predicted molar refractivity (Wildman–Crippen MR) is 102 cm³/mol. The van der Waals surface area contributed by atoms with E-state index in [4.69, 9.17) is 23.8 Å². The molecule has 3 nitrogen and oxygen atoms in total. The Labute approximate surface area is 153 Å². The first-order chi connectivity index (χ1) is 11.5. The number of hydrogen-bond acceptors (Lipinski definition) is 1. The summed E-state index contributed by atoms with van der Waals surface area (Å²) in [5, 5.41) is 3.83. The number of benzene rings is 2. The van der Waals surface area contributed by atoms with Crippen LogP contribution in [0.2, 0.25) is 5.02 Å². The Morgan fingerprint density at radius 1 is 1.21 bits per heavy atom. The fraction of sp³-hybridized carbons (Fsp3) is 0.278. The second-order valence-corrected chi connectivity index (χ2v) is 6.72. The summed E-state index contributed by atoms with van der Waals surface area (Å²) in [6, 6.07) is 14.7. The van der Waals surface area contributed by atoms with Gasteiger partial charge in [0, 0.05) is 12.2 Å². The molecular weight excluding hydrogens is 345 g/mol. The molecule has 2 rings (SSSR count). The molecule has 6 heteroatoms. The summed E-state index contributed by atoms with van der Waals surface area (Å²) in [6.45, 7) is 2.49. The Bertz CT molecular complexity index is 679. The Kier molecular flexibility index (Phi) is 6.97. The van der Waals surface area contributed by atoms with Crippen LogP contribution in [-0.4, -0.2) is 37.2 Å². The number of thiocarbonyl (C=S) groups is 1. The highest BCUT2D eigenvalue weighted by molar-refractivity contribution is 7.80. The lowest BCUT2D eigenvalue weighted by Gasteiger charge is -2.26. The zero-order chi connectivity index (χ0) is 17.5. The van der Waals surface area contributed by atoms with Crippen molar-refractivity contribution >= 4 is 34.6 Å². The third-order valence-corrected chi connectivity index (χ3v) is 4.21. The van der Waals surface area contributed by atoms with E-state index in [0.717, 1.165) is 19.6 Å². The molecule has 0 amide bonds. The molecule has 0 atom stereocenters. The van der Waals surface area contributed by atoms with E-state index in [1.807, 2.05) is 18.2 Å². The van der Waals surface area contributed by atoms with Crippen molar-refractivity contribution in [2.75, 3.05) is 32.5 Å². The van der Waals surface area contributed by atoms with Crippen molar-refractivity contribution in [3.63, 3.8) is 0 Å². The highest BCUT2D eigenvalue weighted by atomic mass is 35.5. The number of likely N-dealkylation sites (N-methyl/N-ethyl adjacent to an activating group) is 1. The lowest BCUT2D eigenvalue weighted by molar-refractivity contribution is -0.857. The SMILES string of the molecule is C[NH+](C)CCN(Cc1ccccc1)C(=S)Nc1ccc(F)c(Cl)c1. The van der Waals surface area contributed by atoms with Crippen molar-refractivity contribution in [3.8, 4) is 0 Å². The first kappa shape index (κ1) is 18.6. The van der Waals surface area contributed by atoms with Gasteiger partial charge in [-0.1, -0.05) is 41.9 Å². The van der Waals surface area contributed by atoms with Crippen molar-refractivity contribution in [1.82, 2.24) is 4.90 Å². The molecular formula is C18H22ClFN3S+. The van der Waals surface area contributed by atoms with Crippen LogP contribution in [0.25, 0.3) is 0 Å². The Balaban J connectivity index is 2.09. The van der Waals surface area contributed by atoms with Gasteiger partial charge >= 0.3 is 0 Å². The molecule has 0 spiro atoms. The van der Waals surface area contributed by atoms with Gasteiger partial charge in [-0.2, -0.15) is 0 Å². The fourth-order valence-corrected chi connectivity index (χ4v) is 2.65. The van der Waals surface area contributed by atoms with Crippen molar-refractivity contribution in [2.45, 2.75) is 6.54 Å². The summed E-state index contributed by atoms with van der Waals surface area (Å²) >= 11 is 11.4. The monoisotopic (exact) mass is 366 g/mol. The average molecular weight is 367 g/mol. The Morgan fingerprint density at radius 2 is 1.92 bits per heavy atom. The highest BCUT2D eigenvalue weighted by Crippen LogP contribution is 2.20. The van der Waals surface area contributed by atoms with Gasteiger partial charge in [0.2, 0.25) is 0 Å². The van der Waals surface area contributed by atoms with Crippen molar-refractivity contribution in [3.05, 3.63) is 64.9 Å². The molecule has 0 saturated carbocycles. The molecule has 0 aliphatic heterocycles. The molecule has 0 aliphatic rings. The minimum atomic E-state index is -0.439. The van der Waals surface area contributed by atoms with E-state index >= 15 is 0 Å². The molecule has 24 heavy (non-hydrogen) atoms. The summed E-state index contributed by atoms with van der Waals surface area (Å²) in [7, 11) is 4.22. The van der Waals surface area contributed by atoms with E-state index in [-0.39, 0.29) is 5.02 Å². The van der Waals surface area contributed by atoms with E-state index < -0.39 is 5.82 Å². The second-order valence-electron chi connectivity index (χ2n) is 5.92. The molecule has 0 heterocycles. The Hall–Kier alpha value is -1.69. The maximum absolute atomic E-state index is 13.3. The van der Waals surface area contributed by atoms with E-state index in [1.54, 1.807) is 12.1 Å². The molecule has 0 fully saturated rings. The van der Waals surface area contributed by atoms with Gasteiger partial charge in [0.1, 0.15) is 5.82 Å². The molecule has 0 radical (unpaired) electrons. The number of anilines is 1. The first-order valence-corrected chi connectivity index (χ1v) is 8.58. The lowest BCUT2D eigenvalue weighted by atomic mass is 10.2. The highest BCUT2D eigenvalue weighted by Gasteiger charge is 2.13. The van der Waals surface area contributed by atoms with Crippen molar-refractivity contribution < 1.29 is 9.29 Å². The molecule has 0 aromatic heterocycles. The first-order valence-electron chi connectivity index (χ1n) is 7.79. The Morgan fingerprint density at radius 3 is 2.54 bits per heavy atom. The lowest BCUT2D eigenvalue weighted by Crippen LogP contribution is -3.06. The average Bonchev–Trinajstić information content (AvgIpc) is 2.55. The van der Waals surface area contributed by atoms with E-state index in [2.05, 4.69) is 36.4 Å². The normalized spacial score (nSPS) is 10.7. The minimum absolute atomic E-state index is 0.0788. The predicted octanol–water partition coefficient (Wildman–Crippen LogP) is 2.82. The van der Waals surface area contributed by atoms with Crippen LogP contribution < -0.4 is 10.2 Å². The second kappa shape index (κ2) is 8.97. The number of nitrogens with zero attached hydrogens (tertiary/aromatic N) is 1. The number of rotatable bonds is 6. The maximum Gasteiger partial charge on any atom is 0.173 e. The summed E-state index contributed by atoms with van der Waals surface area (Å²) in [5.74, 6) is -0.439. The van der Waals surface area contributed by atoms with Crippen LogP contribution in [0, 0.1) is 5.82 Å². The topological polar surface area (TPSA) is 19.7 Å². The summed E-state index contributed by atoms with van der Waals surface area (Å²) in [4.78, 5) is 3.45. The zero-order valence-corrected chi connectivity index (χ0v) is 15.4. The number of halogens is 2. The van der Waals surface area contributed by atoms with E-state index in [0.29, 0.717) is 10.8 Å². The van der Waals surface area contributed by atoms with Crippen molar-refractivity contribution in [1.29, 1.82) is 0 Å². The van der Waals surface area contributed by atoms with Crippen LogP contribution in [0.15, 0.2) is 48.5 Å². The molecule has 0 aliphatic carbocycles. The third kappa shape index (κ3) is 5.74. The van der Waals surface area contributed by atoms with Gasteiger partial charge < -0.3 is 15.1 Å². The molecule has 0 saturated heterocycles. The summed E-state index contributed by atoms with van der Waals surface area (Å²) in [6.07, 6.45) is 0. The molecule has 0 bridgehead atoms. The van der Waals surface area contributed by atoms with Crippen LogP contribution in [0.3, 0.4) is 0 Å². The number of hydrogen-bond donors (Lipinski definition) is 2. The molecule has 2 N–H and O–H groups in total. The summed E-state index contributed by atoms with van der Waals surface area (Å²) in [5.41, 5.74) is 1.87. The van der Waals surface area contributed by atoms with Gasteiger partial charge in [-0.3, -0.25) is 0 Å². The van der Waals surface area contributed by atoms with Gasteiger partial charge in [-0.15, -0.1) is 0 Å². The van der Waals surface area contributed by atoms with Gasteiger partial charge in [0.25, 0.3) is 0 Å². The molecule has 128 valence electrons. The maximum atomic E-state index is 13.3. The standard InChI is InChI=1S/C18H21ClFN3S/c1-22(2)10-11-23(13-14-6-4-3-5-7-14)18(24)21-15-8-9-17(20)16(19)12-15/h3-9,12H,10-11,13H2,1-2H3,(H,21,24)/p+1. The number of nitrogens with one attached hydrogen (secondary N) is 2. The molecule has 2 aromatic rings. The summed E-state index contributed by atoms with van der Waals surface area (Å²) < 4.78 is 13.3. The third-order valence-electron chi connectivity index (χ3n) is 3.56. The van der Waals surface area contributed by atoms with Crippen LogP contribution in [0.4, 0.5) is 10.1 Å². The van der Waals surface area contributed by atoms with Crippen LogP contribution in [0.1, 0.15) is 5.56 Å². The van der Waals surface area contributed by atoms with Gasteiger partial charge in [0.15, 0.2) is 5.11 Å². The van der Waals surface area contributed by atoms with Gasteiger partial charge in [0.05, 0.1) is 32.2 Å². The zero-order valence-electron chi connectivity index (χ0n) is 13.9. The minimum Gasteiger partial charge on any atom is -0.339 e. The van der Waals surface area contributed by atoms with Crippen LogP contribution >= 0.6 is 23.8 Å². The molecule has 0 unspecified atom stereocenters. The smallest absolute Gasteiger partial charge is 0.173 e. The van der Waals surface area contributed by atoms with Crippen molar-refractivity contribution in [2.24, 2.45) is 0 Å².